The number of nitrogens with one attached hydrogen (secondary N) is 1. The number of rotatable bonds is 3. The maximum Gasteiger partial charge on any atom is 0.104 e. The first-order valence-corrected chi connectivity index (χ1v) is 6.26. The van der Waals surface area contributed by atoms with E-state index in [1.807, 2.05) is 6.92 Å². The maximum atomic E-state index is 9.61. The number of nitrogens with zero attached hydrogens (tertiary/aromatic N) is 1. The normalized spacial score (nSPS) is 38.6. The molecule has 2 bridgehead atoms. The molecule has 0 aromatic heterocycles. The summed E-state index contributed by atoms with van der Waals surface area (Å²) in [6, 6.07) is 1.27. The summed E-state index contributed by atoms with van der Waals surface area (Å²) in [6.07, 6.45) is 2.39. The first-order chi connectivity index (χ1) is 7.08. The van der Waals surface area contributed by atoms with Gasteiger partial charge in [0.2, 0.25) is 0 Å². The molecule has 0 aromatic carbocycles. The Balaban J connectivity index is 1.97. The molecule has 2 aliphatic rings. The lowest BCUT2D eigenvalue weighted by atomic mass is 9.91. The van der Waals surface area contributed by atoms with Crippen molar-refractivity contribution in [2.24, 2.45) is 11.8 Å². The van der Waals surface area contributed by atoms with E-state index in [2.05, 4.69) is 24.1 Å². The van der Waals surface area contributed by atoms with Gasteiger partial charge in [-0.25, -0.2) is 0 Å². The van der Waals surface area contributed by atoms with Gasteiger partial charge < -0.3 is 10.4 Å². The van der Waals surface area contributed by atoms with Crippen LogP contribution in [0.25, 0.3) is 0 Å². The predicted octanol–water partition coefficient (Wildman–Crippen LogP) is 1.03. The largest absolute Gasteiger partial charge is 0.379 e. The van der Waals surface area contributed by atoms with E-state index in [-0.39, 0.29) is 6.23 Å². The fourth-order valence-electron chi connectivity index (χ4n) is 3.22. The average molecular weight is 212 g/mol. The highest BCUT2D eigenvalue weighted by atomic mass is 16.3. The Bertz CT molecular complexity index is 204. The molecule has 2 rings (SSSR count). The van der Waals surface area contributed by atoms with Crippen LogP contribution in [0, 0.1) is 11.8 Å². The molecule has 2 fully saturated rings. The second kappa shape index (κ2) is 4.40. The van der Waals surface area contributed by atoms with Crippen LogP contribution in [0.15, 0.2) is 0 Å². The van der Waals surface area contributed by atoms with Crippen molar-refractivity contribution >= 4 is 0 Å². The lowest BCUT2D eigenvalue weighted by molar-refractivity contribution is -0.0220. The van der Waals surface area contributed by atoms with E-state index < -0.39 is 0 Å². The van der Waals surface area contributed by atoms with Crippen LogP contribution >= 0.6 is 0 Å². The standard InChI is InChI=1S/C12H24N2O/c1-8(2)13-12-10-4-5-11(12)7-14(6-10)9(3)15/h8-13,15H,4-7H2,1-3H3. The smallest absolute Gasteiger partial charge is 0.104 e. The van der Waals surface area contributed by atoms with Gasteiger partial charge in [-0.1, -0.05) is 13.8 Å². The predicted molar refractivity (Wildman–Crippen MR) is 61.5 cm³/mol. The SMILES string of the molecule is CC(C)NC1C2CCC1CN(C(C)O)C2. The molecular weight excluding hydrogens is 188 g/mol. The lowest BCUT2D eigenvalue weighted by Gasteiger charge is -2.40. The fourth-order valence-corrected chi connectivity index (χ4v) is 3.22. The molecule has 3 nitrogen and oxygen atoms in total. The summed E-state index contributed by atoms with van der Waals surface area (Å²) in [5.74, 6) is 1.50. The minimum absolute atomic E-state index is 0.270. The van der Waals surface area contributed by atoms with Gasteiger partial charge in [-0.3, -0.25) is 4.90 Å². The molecular formula is C12H24N2O. The van der Waals surface area contributed by atoms with E-state index in [1.54, 1.807) is 0 Å². The van der Waals surface area contributed by atoms with E-state index >= 15 is 0 Å². The zero-order valence-electron chi connectivity index (χ0n) is 10.1. The molecule has 3 unspecified atom stereocenters. The molecule has 0 spiro atoms. The number of fused-ring (bicyclic) bond motifs is 2. The van der Waals surface area contributed by atoms with Crippen LogP contribution < -0.4 is 5.32 Å². The van der Waals surface area contributed by atoms with Crippen LogP contribution in [0.5, 0.6) is 0 Å². The monoisotopic (exact) mass is 212 g/mol. The Morgan fingerprint density at radius 1 is 1.13 bits per heavy atom. The van der Waals surface area contributed by atoms with Crippen LogP contribution in [0.4, 0.5) is 0 Å². The molecule has 2 N–H and O–H groups in total. The number of hydrogen-bond acceptors (Lipinski definition) is 3. The number of likely N-dealkylation sites (tertiary alicyclic amines) is 1. The van der Waals surface area contributed by atoms with Crippen molar-refractivity contribution in [2.75, 3.05) is 13.1 Å². The molecule has 15 heavy (non-hydrogen) atoms. The first-order valence-electron chi connectivity index (χ1n) is 6.26. The molecule has 0 amide bonds. The highest BCUT2D eigenvalue weighted by Gasteiger charge is 2.42. The summed E-state index contributed by atoms with van der Waals surface area (Å²) >= 11 is 0. The van der Waals surface area contributed by atoms with Crippen LogP contribution in [0.2, 0.25) is 0 Å². The zero-order valence-corrected chi connectivity index (χ0v) is 10.1. The average Bonchev–Trinajstić information content (AvgIpc) is 2.40. The second-order valence-electron chi connectivity index (χ2n) is 5.53. The van der Waals surface area contributed by atoms with Crippen molar-refractivity contribution in [3.63, 3.8) is 0 Å². The zero-order chi connectivity index (χ0) is 11.0. The van der Waals surface area contributed by atoms with Crippen LogP contribution in [0.3, 0.4) is 0 Å². The minimum Gasteiger partial charge on any atom is -0.379 e. The Labute approximate surface area is 92.8 Å². The van der Waals surface area contributed by atoms with Crippen molar-refractivity contribution < 1.29 is 5.11 Å². The van der Waals surface area contributed by atoms with Crippen molar-refractivity contribution in [1.82, 2.24) is 10.2 Å². The molecule has 1 saturated heterocycles. The summed E-state index contributed by atoms with van der Waals surface area (Å²) < 4.78 is 0. The van der Waals surface area contributed by atoms with Crippen molar-refractivity contribution in [3.05, 3.63) is 0 Å². The lowest BCUT2D eigenvalue weighted by Crippen LogP contribution is -2.54. The van der Waals surface area contributed by atoms with Gasteiger partial charge in [0.05, 0.1) is 0 Å². The Kier molecular flexibility index (Phi) is 3.33. The molecule has 0 radical (unpaired) electrons. The van der Waals surface area contributed by atoms with Crippen LogP contribution in [0.1, 0.15) is 33.6 Å². The summed E-state index contributed by atoms with van der Waals surface area (Å²) in [6.45, 7) is 8.47. The van der Waals surface area contributed by atoms with Crippen LogP contribution in [-0.2, 0) is 0 Å². The molecule has 1 heterocycles. The minimum atomic E-state index is -0.270. The molecule has 0 aromatic rings. The number of piperidine rings is 1. The third kappa shape index (κ3) is 2.35. The highest BCUT2D eigenvalue weighted by molar-refractivity contribution is 4.97. The van der Waals surface area contributed by atoms with Crippen molar-refractivity contribution in [1.29, 1.82) is 0 Å². The fraction of sp³-hybridized carbons (Fsp3) is 1.00. The third-order valence-corrected chi connectivity index (χ3v) is 3.92. The van der Waals surface area contributed by atoms with E-state index in [1.165, 1.54) is 12.8 Å². The van der Waals surface area contributed by atoms with E-state index in [4.69, 9.17) is 0 Å². The second-order valence-corrected chi connectivity index (χ2v) is 5.53. The van der Waals surface area contributed by atoms with Crippen molar-refractivity contribution in [3.8, 4) is 0 Å². The molecule has 3 heteroatoms. The highest BCUT2D eigenvalue weighted by Crippen LogP contribution is 2.37. The summed E-state index contributed by atoms with van der Waals surface area (Å²) in [7, 11) is 0. The Morgan fingerprint density at radius 3 is 2.07 bits per heavy atom. The molecule has 88 valence electrons. The van der Waals surface area contributed by atoms with E-state index in [0.717, 1.165) is 24.9 Å². The first kappa shape index (κ1) is 11.4. The summed E-state index contributed by atoms with van der Waals surface area (Å²) in [5, 5.41) is 13.3. The van der Waals surface area contributed by atoms with E-state index in [9.17, 15) is 5.11 Å². The Hall–Kier alpha value is -0.120. The van der Waals surface area contributed by atoms with Gasteiger partial charge in [-0.2, -0.15) is 0 Å². The molecule has 1 aliphatic heterocycles. The van der Waals surface area contributed by atoms with Gasteiger partial charge in [0, 0.05) is 25.2 Å². The number of aliphatic hydroxyl groups excluding tert-OH is 1. The van der Waals surface area contributed by atoms with Gasteiger partial charge in [0.1, 0.15) is 6.23 Å². The summed E-state index contributed by atoms with van der Waals surface area (Å²) in [5.41, 5.74) is 0. The van der Waals surface area contributed by atoms with E-state index in [0.29, 0.717) is 12.1 Å². The number of hydrogen-bond donors (Lipinski definition) is 2. The molecule has 3 atom stereocenters. The van der Waals surface area contributed by atoms with Crippen LogP contribution in [-0.4, -0.2) is 41.4 Å². The summed E-state index contributed by atoms with van der Waals surface area (Å²) in [4.78, 5) is 2.22. The van der Waals surface area contributed by atoms with Crippen molar-refractivity contribution in [2.45, 2.75) is 51.9 Å². The molecule has 1 saturated carbocycles. The quantitative estimate of drug-likeness (QED) is 0.733. The molecule has 1 aliphatic carbocycles. The van der Waals surface area contributed by atoms with Gasteiger partial charge in [0.25, 0.3) is 0 Å². The van der Waals surface area contributed by atoms with Gasteiger partial charge in [-0.05, 0) is 31.6 Å². The van der Waals surface area contributed by atoms with Gasteiger partial charge in [-0.15, -0.1) is 0 Å². The maximum absolute atomic E-state index is 9.61. The van der Waals surface area contributed by atoms with Gasteiger partial charge >= 0.3 is 0 Å². The van der Waals surface area contributed by atoms with Gasteiger partial charge in [0.15, 0.2) is 0 Å². The Morgan fingerprint density at radius 2 is 1.67 bits per heavy atom. The third-order valence-electron chi connectivity index (χ3n) is 3.92. The topological polar surface area (TPSA) is 35.5 Å². The number of aliphatic hydroxyl groups is 1.